The monoisotopic (exact) mass is 327 g/mol. The van der Waals surface area contributed by atoms with Gasteiger partial charge < -0.3 is 4.90 Å². The van der Waals surface area contributed by atoms with Crippen LogP contribution in [-0.2, 0) is 17.9 Å². The lowest BCUT2D eigenvalue weighted by molar-refractivity contribution is -0.130. The first kappa shape index (κ1) is 13.3. The Morgan fingerprint density at radius 3 is 3.06 bits per heavy atom. The van der Waals surface area contributed by atoms with Crippen LogP contribution in [0.5, 0.6) is 0 Å². The second-order valence-corrected chi connectivity index (χ2v) is 6.32. The van der Waals surface area contributed by atoms with E-state index in [-0.39, 0.29) is 5.91 Å². The lowest BCUT2D eigenvalue weighted by Gasteiger charge is -2.16. The first-order valence-corrected chi connectivity index (χ1v) is 7.27. The molecule has 0 saturated carbocycles. The largest absolute Gasteiger partial charge is 0.341 e. The van der Waals surface area contributed by atoms with Crippen molar-refractivity contribution in [2.75, 3.05) is 7.05 Å². The number of carbonyl (C=O) groups excluding carboxylic acids is 1. The molecule has 96 valence electrons. The summed E-state index contributed by atoms with van der Waals surface area (Å²) in [4.78, 5) is 13.7. The first-order valence-electron chi connectivity index (χ1n) is 5.59. The number of aromatic nitrogens is 2. The SMILES string of the molecule is CN(Cc1csc(Br)c1)C(=O)CCn1cccn1. The number of carbonyl (C=O) groups is 1. The second kappa shape index (κ2) is 6.15. The maximum absolute atomic E-state index is 11.9. The maximum atomic E-state index is 11.9. The van der Waals surface area contributed by atoms with Crippen LogP contribution in [0.1, 0.15) is 12.0 Å². The van der Waals surface area contributed by atoms with Crippen molar-refractivity contribution in [2.45, 2.75) is 19.5 Å². The zero-order valence-corrected chi connectivity index (χ0v) is 12.4. The molecule has 18 heavy (non-hydrogen) atoms. The quantitative estimate of drug-likeness (QED) is 0.846. The van der Waals surface area contributed by atoms with Gasteiger partial charge in [-0.2, -0.15) is 5.10 Å². The van der Waals surface area contributed by atoms with Crippen LogP contribution in [0.4, 0.5) is 0 Å². The second-order valence-electron chi connectivity index (χ2n) is 4.03. The van der Waals surface area contributed by atoms with Crippen LogP contribution < -0.4 is 0 Å². The molecular formula is C12H14BrN3OS. The standard InChI is InChI=1S/C12H14BrN3OS/c1-15(8-10-7-11(13)18-9-10)12(17)3-6-16-5-2-4-14-16/h2,4-5,7,9H,3,6,8H2,1H3. The van der Waals surface area contributed by atoms with E-state index in [1.165, 1.54) is 0 Å². The third kappa shape index (κ3) is 3.68. The molecule has 0 aliphatic carbocycles. The van der Waals surface area contributed by atoms with E-state index in [1.54, 1.807) is 27.1 Å². The summed E-state index contributed by atoms with van der Waals surface area (Å²) in [6.07, 6.45) is 4.06. The van der Waals surface area contributed by atoms with E-state index in [9.17, 15) is 4.79 Å². The van der Waals surface area contributed by atoms with Gasteiger partial charge in [-0.05, 0) is 39.0 Å². The summed E-state index contributed by atoms with van der Waals surface area (Å²) in [6, 6.07) is 3.90. The highest BCUT2D eigenvalue weighted by molar-refractivity contribution is 9.11. The Balaban J connectivity index is 1.81. The number of rotatable bonds is 5. The van der Waals surface area contributed by atoms with Crippen molar-refractivity contribution in [3.8, 4) is 0 Å². The fourth-order valence-corrected chi connectivity index (χ4v) is 2.82. The van der Waals surface area contributed by atoms with Crippen LogP contribution in [0.25, 0.3) is 0 Å². The summed E-state index contributed by atoms with van der Waals surface area (Å²) in [5.41, 5.74) is 1.15. The van der Waals surface area contributed by atoms with Crippen molar-refractivity contribution < 1.29 is 4.79 Å². The van der Waals surface area contributed by atoms with Crippen LogP contribution in [-0.4, -0.2) is 27.6 Å². The van der Waals surface area contributed by atoms with Gasteiger partial charge in [-0.3, -0.25) is 9.48 Å². The highest BCUT2D eigenvalue weighted by Crippen LogP contribution is 2.21. The summed E-state index contributed by atoms with van der Waals surface area (Å²) in [5.74, 6) is 0.132. The third-order valence-corrected chi connectivity index (χ3v) is 4.13. The number of thiophene rings is 1. The van der Waals surface area contributed by atoms with Crippen molar-refractivity contribution in [1.29, 1.82) is 0 Å². The molecule has 0 bridgehead atoms. The Morgan fingerprint density at radius 1 is 1.61 bits per heavy atom. The molecule has 0 atom stereocenters. The van der Waals surface area contributed by atoms with E-state index >= 15 is 0 Å². The molecule has 0 unspecified atom stereocenters. The Morgan fingerprint density at radius 2 is 2.44 bits per heavy atom. The summed E-state index contributed by atoms with van der Waals surface area (Å²) in [7, 11) is 1.83. The van der Waals surface area contributed by atoms with E-state index in [0.717, 1.165) is 9.35 Å². The molecule has 6 heteroatoms. The number of hydrogen-bond acceptors (Lipinski definition) is 3. The van der Waals surface area contributed by atoms with Crippen molar-refractivity contribution >= 4 is 33.2 Å². The van der Waals surface area contributed by atoms with Gasteiger partial charge in [0, 0.05) is 39.0 Å². The molecule has 0 aromatic carbocycles. The van der Waals surface area contributed by atoms with Gasteiger partial charge in [0.25, 0.3) is 0 Å². The summed E-state index contributed by atoms with van der Waals surface area (Å²) >= 11 is 5.05. The molecule has 2 rings (SSSR count). The van der Waals surface area contributed by atoms with Gasteiger partial charge in [-0.15, -0.1) is 11.3 Å². The fraction of sp³-hybridized carbons (Fsp3) is 0.333. The molecule has 2 heterocycles. The minimum Gasteiger partial charge on any atom is -0.341 e. The molecule has 2 aromatic heterocycles. The van der Waals surface area contributed by atoms with E-state index in [0.29, 0.717) is 19.5 Å². The minimum atomic E-state index is 0.132. The summed E-state index contributed by atoms with van der Waals surface area (Å²) in [6.45, 7) is 1.28. The van der Waals surface area contributed by atoms with E-state index in [1.807, 2.05) is 25.4 Å². The smallest absolute Gasteiger partial charge is 0.224 e. The molecule has 1 amide bonds. The Kier molecular flexibility index (Phi) is 4.54. The molecule has 0 N–H and O–H groups in total. The minimum absolute atomic E-state index is 0.132. The number of hydrogen-bond donors (Lipinski definition) is 0. The Labute approximate surface area is 118 Å². The van der Waals surface area contributed by atoms with Crippen molar-refractivity contribution in [3.63, 3.8) is 0 Å². The first-order chi connectivity index (χ1) is 8.65. The molecule has 4 nitrogen and oxygen atoms in total. The van der Waals surface area contributed by atoms with E-state index in [4.69, 9.17) is 0 Å². The van der Waals surface area contributed by atoms with Crippen molar-refractivity contribution in [2.24, 2.45) is 0 Å². The zero-order chi connectivity index (χ0) is 13.0. The topological polar surface area (TPSA) is 38.1 Å². The van der Waals surface area contributed by atoms with Crippen LogP contribution in [0.2, 0.25) is 0 Å². The number of aryl methyl sites for hydroxylation is 1. The normalized spacial score (nSPS) is 10.6. The van der Waals surface area contributed by atoms with Gasteiger partial charge >= 0.3 is 0 Å². The molecule has 0 aliphatic heterocycles. The molecule has 0 radical (unpaired) electrons. The van der Waals surface area contributed by atoms with Crippen LogP contribution >= 0.6 is 27.3 Å². The molecular weight excluding hydrogens is 314 g/mol. The van der Waals surface area contributed by atoms with Gasteiger partial charge in [0.05, 0.1) is 3.79 Å². The average molecular weight is 328 g/mol. The zero-order valence-electron chi connectivity index (χ0n) is 10.0. The Bertz CT molecular complexity index is 509. The Hall–Kier alpha value is -1.14. The lowest BCUT2D eigenvalue weighted by atomic mass is 10.3. The predicted octanol–water partition coefficient (Wildman–Crippen LogP) is 2.76. The number of amides is 1. The van der Waals surface area contributed by atoms with E-state index in [2.05, 4.69) is 26.4 Å². The molecule has 0 spiro atoms. The number of halogens is 1. The molecule has 2 aromatic rings. The molecule has 0 fully saturated rings. The third-order valence-electron chi connectivity index (χ3n) is 2.58. The lowest BCUT2D eigenvalue weighted by Crippen LogP contribution is -2.26. The molecule has 0 saturated heterocycles. The van der Waals surface area contributed by atoms with Gasteiger partial charge in [0.1, 0.15) is 0 Å². The highest BCUT2D eigenvalue weighted by Gasteiger charge is 2.10. The highest BCUT2D eigenvalue weighted by atomic mass is 79.9. The number of nitrogens with zero attached hydrogens (tertiary/aromatic N) is 3. The summed E-state index contributed by atoms with van der Waals surface area (Å²) in [5, 5.41) is 6.13. The average Bonchev–Trinajstić information content (AvgIpc) is 2.97. The maximum Gasteiger partial charge on any atom is 0.224 e. The van der Waals surface area contributed by atoms with Crippen LogP contribution in [0.15, 0.2) is 33.7 Å². The van der Waals surface area contributed by atoms with Crippen molar-refractivity contribution in [3.05, 3.63) is 39.3 Å². The van der Waals surface area contributed by atoms with Gasteiger partial charge in [0.15, 0.2) is 0 Å². The van der Waals surface area contributed by atoms with Gasteiger partial charge in [0.2, 0.25) is 5.91 Å². The van der Waals surface area contributed by atoms with Gasteiger partial charge in [-0.25, -0.2) is 0 Å². The van der Waals surface area contributed by atoms with Crippen LogP contribution in [0, 0.1) is 0 Å². The van der Waals surface area contributed by atoms with Crippen LogP contribution in [0.3, 0.4) is 0 Å². The molecule has 0 aliphatic rings. The van der Waals surface area contributed by atoms with Gasteiger partial charge in [-0.1, -0.05) is 0 Å². The predicted molar refractivity (Wildman–Crippen MR) is 75.3 cm³/mol. The fourth-order valence-electron chi connectivity index (χ4n) is 1.62. The van der Waals surface area contributed by atoms with Crippen molar-refractivity contribution in [1.82, 2.24) is 14.7 Å². The van der Waals surface area contributed by atoms with E-state index < -0.39 is 0 Å². The summed E-state index contributed by atoms with van der Waals surface area (Å²) < 4.78 is 2.86.